The zero-order valence-electron chi connectivity index (χ0n) is 8.23. The number of nitrogens with zero attached hydrogens (tertiary/aromatic N) is 1. The number of ether oxygens (including phenoxy) is 2. The van der Waals surface area contributed by atoms with Crippen molar-refractivity contribution in [1.29, 1.82) is 5.26 Å². The average Bonchev–Trinajstić information content (AvgIpc) is 2.11. The molecular formula is C9H11NO4. The van der Waals surface area contributed by atoms with Crippen LogP contribution < -0.4 is 0 Å². The number of nitriles is 1. The molecule has 0 aromatic carbocycles. The highest BCUT2D eigenvalue weighted by atomic mass is 16.6. The molecule has 0 amide bonds. The number of methoxy groups -OCH3 is 1. The summed E-state index contributed by atoms with van der Waals surface area (Å²) < 4.78 is 9.15. The van der Waals surface area contributed by atoms with Crippen molar-refractivity contribution < 1.29 is 19.1 Å². The summed E-state index contributed by atoms with van der Waals surface area (Å²) in [5.41, 5.74) is 0.0187. The summed E-state index contributed by atoms with van der Waals surface area (Å²) in [6, 6.07) is 1.68. The van der Waals surface area contributed by atoms with Gasteiger partial charge in [-0.1, -0.05) is 0 Å². The normalized spacial score (nSPS) is 12.6. The van der Waals surface area contributed by atoms with E-state index in [0.717, 1.165) is 6.08 Å². The van der Waals surface area contributed by atoms with E-state index < -0.39 is 18.0 Å². The molecule has 0 aromatic heterocycles. The van der Waals surface area contributed by atoms with E-state index >= 15 is 0 Å². The molecule has 0 radical (unpaired) electrons. The lowest BCUT2D eigenvalue weighted by molar-refractivity contribution is -0.146. The molecule has 0 bridgehead atoms. The fraction of sp³-hybridized carbons (Fsp3) is 0.444. The average molecular weight is 197 g/mol. The summed E-state index contributed by atoms with van der Waals surface area (Å²) in [5, 5.41) is 8.39. The highest BCUT2D eigenvalue weighted by molar-refractivity contribution is 5.90. The molecule has 0 aliphatic carbocycles. The van der Waals surface area contributed by atoms with E-state index in [4.69, 9.17) is 10.00 Å². The lowest BCUT2D eigenvalue weighted by atomic mass is 10.1. The van der Waals surface area contributed by atoms with Gasteiger partial charge in [-0.2, -0.15) is 5.26 Å². The number of hydrogen-bond donors (Lipinski definition) is 0. The van der Waals surface area contributed by atoms with Crippen LogP contribution in [-0.4, -0.2) is 25.2 Å². The third kappa shape index (κ3) is 3.72. The number of hydrogen-bond acceptors (Lipinski definition) is 5. The minimum absolute atomic E-state index is 0.0187. The maximum absolute atomic E-state index is 11.1. The van der Waals surface area contributed by atoms with E-state index in [2.05, 4.69) is 4.74 Å². The molecule has 0 spiro atoms. The molecule has 1 unspecified atom stereocenters. The van der Waals surface area contributed by atoms with Gasteiger partial charge in [0.15, 0.2) is 0 Å². The Bertz CT molecular complexity index is 300. The molecule has 0 heterocycles. The first-order valence-corrected chi connectivity index (χ1v) is 3.88. The molecule has 5 nitrogen and oxygen atoms in total. The van der Waals surface area contributed by atoms with Crippen LogP contribution in [0.15, 0.2) is 11.6 Å². The van der Waals surface area contributed by atoms with Crippen LogP contribution in [0.1, 0.15) is 13.8 Å². The zero-order valence-corrected chi connectivity index (χ0v) is 8.23. The highest BCUT2D eigenvalue weighted by Gasteiger charge is 2.19. The Kier molecular flexibility index (Phi) is 5.00. The van der Waals surface area contributed by atoms with Crippen molar-refractivity contribution in [3.8, 4) is 6.07 Å². The van der Waals surface area contributed by atoms with E-state index in [1.165, 1.54) is 21.0 Å². The van der Waals surface area contributed by atoms with Crippen LogP contribution in [0.5, 0.6) is 0 Å². The van der Waals surface area contributed by atoms with Gasteiger partial charge in [0.05, 0.1) is 18.8 Å². The molecule has 5 heteroatoms. The molecule has 0 saturated carbocycles. The monoisotopic (exact) mass is 197 g/mol. The number of carbonyl (C=O) groups excluding carboxylic acids is 2. The number of carbonyl (C=O) groups is 2. The van der Waals surface area contributed by atoms with Crippen LogP contribution in [0.4, 0.5) is 0 Å². The van der Waals surface area contributed by atoms with E-state index in [1.807, 2.05) is 0 Å². The Hall–Kier alpha value is -1.83. The second-order valence-corrected chi connectivity index (χ2v) is 2.47. The second kappa shape index (κ2) is 5.75. The lowest BCUT2D eigenvalue weighted by Gasteiger charge is -2.12. The Morgan fingerprint density at radius 3 is 2.43 bits per heavy atom. The molecule has 0 N–H and O–H groups in total. The first-order valence-electron chi connectivity index (χ1n) is 3.88. The molecule has 0 rings (SSSR count). The first-order chi connectivity index (χ1) is 6.52. The topological polar surface area (TPSA) is 76.4 Å². The third-order valence-electron chi connectivity index (χ3n) is 1.42. The Labute approximate surface area is 81.9 Å². The van der Waals surface area contributed by atoms with Gasteiger partial charge in [-0.25, -0.2) is 4.79 Å². The summed E-state index contributed by atoms with van der Waals surface area (Å²) in [6.45, 7) is 2.71. The second-order valence-electron chi connectivity index (χ2n) is 2.47. The standard InChI is InChI=1S/C9H11NO4/c1-6(14-7(2)11)8(4-5-10)9(12)13-3/h4,6H,1-3H3/b8-4-. The molecule has 0 aromatic rings. The molecule has 1 atom stereocenters. The van der Waals surface area contributed by atoms with Crippen LogP contribution in [0, 0.1) is 11.3 Å². The van der Waals surface area contributed by atoms with Crippen molar-refractivity contribution in [2.24, 2.45) is 0 Å². The van der Waals surface area contributed by atoms with Crippen LogP contribution in [0.3, 0.4) is 0 Å². The SMILES string of the molecule is COC(=O)/C(=C\C#N)C(C)OC(C)=O. The summed E-state index contributed by atoms with van der Waals surface area (Å²) in [7, 11) is 1.19. The fourth-order valence-corrected chi connectivity index (χ4v) is 0.842. The summed E-state index contributed by atoms with van der Waals surface area (Å²) in [6.07, 6.45) is 0.221. The van der Waals surface area contributed by atoms with Gasteiger partial charge < -0.3 is 9.47 Å². The van der Waals surface area contributed by atoms with Crippen molar-refractivity contribution in [2.45, 2.75) is 20.0 Å². The van der Waals surface area contributed by atoms with E-state index in [9.17, 15) is 9.59 Å². The van der Waals surface area contributed by atoms with Gasteiger partial charge in [0.2, 0.25) is 0 Å². The molecule has 0 saturated heterocycles. The smallest absolute Gasteiger partial charge is 0.338 e. The zero-order chi connectivity index (χ0) is 11.1. The maximum Gasteiger partial charge on any atom is 0.338 e. The third-order valence-corrected chi connectivity index (χ3v) is 1.42. The van der Waals surface area contributed by atoms with Gasteiger partial charge in [0, 0.05) is 13.0 Å². The van der Waals surface area contributed by atoms with Gasteiger partial charge in [-0.15, -0.1) is 0 Å². The van der Waals surface area contributed by atoms with Crippen LogP contribution in [-0.2, 0) is 19.1 Å². The van der Waals surface area contributed by atoms with E-state index in [1.54, 1.807) is 6.07 Å². The number of allylic oxidation sites excluding steroid dienone is 1. The van der Waals surface area contributed by atoms with Gasteiger partial charge >= 0.3 is 11.9 Å². The summed E-state index contributed by atoms with van der Waals surface area (Å²) >= 11 is 0. The minimum atomic E-state index is -0.778. The quantitative estimate of drug-likeness (QED) is 0.375. The van der Waals surface area contributed by atoms with Crippen molar-refractivity contribution >= 4 is 11.9 Å². The molecular weight excluding hydrogens is 186 g/mol. The highest BCUT2D eigenvalue weighted by Crippen LogP contribution is 2.08. The van der Waals surface area contributed by atoms with E-state index in [0.29, 0.717) is 0 Å². The lowest BCUT2D eigenvalue weighted by Crippen LogP contribution is -2.21. The van der Waals surface area contributed by atoms with Crippen LogP contribution >= 0.6 is 0 Å². The van der Waals surface area contributed by atoms with E-state index in [-0.39, 0.29) is 5.57 Å². The number of esters is 2. The predicted octanol–water partition coefficient (Wildman–Crippen LogP) is 0.561. The summed E-state index contributed by atoms with van der Waals surface area (Å²) in [5.74, 6) is -1.20. The van der Waals surface area contributed by atoms with Crippen molar-refractivity contribution in [3.63, 3.8) is 0 Å². The number of rotatable bonds is 3. The molecule has 76 valence electrons. The Morgan fingerprint density at radius 2 is 2.07 bits per heavy atom. The van der Waals surface area contributed by atoms with Crippen molar-refractivity contribution in [1.82, 2.24) is 0 Å². The molecule has 0 aliphatic heterocycles. The molecule has 14 heavy (non-hydrogen) atoms. The minimum Gasteiger partial charge on any atom is -0.466 e. The van der Waals surface area contributed by atoms with Crippen molar-refractivity contribution in [3.05, 3.63) is 11.6 Å². The maximum atomic E-state index is 11.1. The predicted molar refractivity (Wildman–Crippen MR) is 46.9 cm³/mol. The molecule has 0 fully saturated rings. The van der Waals surface area contributed by atoms with Gasteiger partial charge in [0.1, 0.15) is 6.10 Å². The van der Waals surface area contributed by atoms with Crippen molar-refractivity contribution in [2.75, 3.05) is 7.11 Å². The fourth-order valence-electron chi connectivity index (χ4n) is 0.842. The first kappa shape index (κ1) is 12.2. The molecule has 0 aliphatic rings. The Morgan fingerprint density at radius 1 is 1.50 bits per heavy atom. The van der Waals surface area contributed by atoms with Gasteiger partial charge in [-0.3, -0.25) is 4.79 Å². The van der Waals surface area contributed by atoms with Crippen LogP contribution in [0.2, 0.25) is 0 Å². The largest absolute Gasteiger partial charge is 0.466 e. The van der Waals surface area contributed by atoms with Crippen LogP contribution in [0.25, 0.3) is 0 Å². The summed E-state index contributed by atoms with van der Waals surface area (Å²) in [4.78, 5) is 21.7. The Balaban J connectivity index is 4.68. The van der Waals surface area contributed by atoms with Gasteiger partial charge in [0.25, 0.3) is 0 Å². The van der Waals surface area contributed by atoms with Gasteiger partial charge in [-0.05, 0) is 6.92 Å².